The molecule has 3 fully saturated rings. The number of aliphatic hydroxyl groups excluding tert-OH is 1. The number of fused-ring (bicyclic) bond motifs is 1. The number of nitrogens with one attached hydrogen (secondary N) is 4. The molecule has 6 heterocycles. The molecule has 408 valence electrons. The summed E-state index contributed by atoms with van der Waals surface area (Å²) in [6, 6.07) is 17.0. The van der Waals surface area contributed by atoms with E-state index in [0.29, 0.717) is 23.1 Å². The van der Waals surface area contributed by atoms with E-state index in [1.54, 1.807) is 29.1 Å². The number of ether oxygens (including phenoxy) is 1. The number of ketones is 1. The molecule has 0 aliphatic carbocycles. The van der Waals surface area contributed by atoms with Gasteiger partial charge in [-0.3, -0.25) is 28.8 Å². The fourth-order valence-corrected chi connectivity index (χ4v) is 11.9. The van der Waals surface area contributed by atoms with Gasteiger partial charge in [-0.25, -0.2) is 23.1 Å². The van der Waals surface area contributed by atoms with Crippen LogP contribution in [0.2, 0.25) is 0 Å². The summed E-state index contributed by atoms with van der Waals surface area (Å²) in [6.45, 7) is 10.6. The normalized spacial score (nSPS) is 18.9. The number of halogens is 3. The van der Waals surface area contributed by atoms with Gasteiger partial charge in [0, 0.05) is 99.9 Å². The average Bonchev–Trinajstić information content (AvgIpc) is 4.27. The van der Waals surface area contributed by atoms with Gasteiger partial charge in [-0.1, -0.05) is 57.2 Å². The van der Waals surface area contributed by atoms with Crippen LogP contribution in [-0.4, -0.2) is 156 Å². The number of aliphatic hydroxyl groups is 1. The number of rotatable bonds is 18. The number of piperazine rings is 1. The van der Waals surface area contributed by atoms with Gasteiger partial charge < -0.3 is 35.3 Å². The van der Waals surface area contributed by atoms with E-state index in [1.165, 1.54) is 11.1 Å². The number of β-amino-alcohol motifs (C(OH)–C–C–N with tert-alkyl or cyclic N) is 1. The number of aromatic nitrogens is 3. The molecule has 3 aliphatic rings. The second-order valence-electron chi connectivity index (χ2n) is 20.7. The summed E-state index contributed by atoms with van der Waals surface area (Å²) in [5.74, 6) is -4.95. The predicted molar refractivity (Wildman–Crippen MR) is 286 cm³/mol. The van der Waals surface area contributed by atoms with Gasteiger partial charge in [-0.05, 0) is 65.8 Å². The van der Waals surface area contributed by atoms with Crippen LogP contribution < -0.4 is 20.3 Å². The molecule has 3 amide bonds. The Bertz CT molecular complexity index is 3250. The first kappa shape index (κ1) is 55.0. The summed E-state index contributed by atoms with van der Waals surface area (Å²) in [7, 11) is -4.38. The van der Waals surface area contributed by atoms with E-state index in [1.807, 2.05) is 80.9 Å². The van der Waals surface area contributed by atoms with Gasteiger partial charge in [0.2, 0.25) is 23.5 Å². The minimum Gasteiger partial charge on any atom is -0.391 e. The van der Waals surface area contributed by atoms with E-state index >= 15 is 8.78 Å². The maximum atomic E-state index is 15.8. The van der Waals surface area contributed by atoms with Crippen molar-refractivity contribution in [2.75, 3.05) is 75.2 Å². The molecule has 3 aromatic carbocycles. The topological polar surface area (TPSA) is 222 Å². The number of aryl methyl sites for hydroxylation is 1. The first-order chi connectivity index (χ1) is 36.7. The fraction of sp³-hybridized carbons (Fsp3) is 0.407. The molecule has 3 aromatic heterocycles. The number of aromatic amines is 1. The Morgan fingerprint density at radius 2 is 1.66 bits per heavy atom. The molecule has 0 radical (unpaired) electrons. The largest absolute Gasteiger partial charge is 0.391 e. The highest BCUT2D eigenvalue weighted by molar-refractivity contribution is 7.90. The zero-order valence-corrected chi connectivity index (χ0v) is 44.7. The summed E-state index contributed by atoms with van der Waals surface area (Å²) in [4.78, 5) is 73.2. The van der Waals surface area contributed by atoms with Crippen molar-refractivity contribution in [2.24, 2.45) is 5.41 Å². The number of carbonyl (C=O) groups excluding carboxylic acids is 4. The molecule has 0 unspecified atom stereocenters. The van der Waals surface area contributed by atoms with Crippen molar-refractivity contribution < 1.29 is 50.6 Å². The third kappa shape index (κ3) is 12.5. The van der Waals surface area contributed by atoms with Crippen molar-refractivity contribution in [3.8, 4) is 21.6 Å². The van der Waals surface area contributed by atoms with E-state index in [-0.39, 0.29) is 57.2 Å². The molecule has 0 bridgehead atoms. The SMILES string of the molecule is Cc1ncsc1-c1ccc(CNC(=O)[C@@H]2C[C@@H](O)CN2C(=O)[C@@H](NC(=O)COCCN2CCN(c3ccc(-c4cnc5[nH]cc(C(=O)c6c(F)ccc(NS(=O)(=O)N7CC[C@@H](F)C7)c6F)c5c4)cc3)CC2)C(C)(C)C)cc1. The van der Waals surface area contributed by atoms with E-state index < -0.39 is 87.0 Å². The minimum atomic E-state index is -4.38. The van der Waals surface area contributed by atoms with Crippen LogP contribution in [0.5, 0.6) is 0 Å². The Kier molecular flexibility index (Phi) is 16.5. The van der Waals surface area contributed by atoms with Gasteiger partial charge in [0.25, 0.3) is 0 Å². The molecule has 23 heteroatoms. The van der Waals surface area contributed by atoms with E-state index in [2.05, 4.69) is 35.4 Å². The van der Waals surface area contributed by atoms with Gasteiger partial charge in [0.15, 0.2) is 5.82 Å². The monoisotopic (exact) mass is 1100 g/mol. The van der Waals surface area contributed by atoms with Crippen molar-refractivity contribution in [1.82, 2.24) is 39.7 Å². The molecule has 5 N–H and O–H groups in total. The molecule has 4 atom stereocenters. The van der Waals surface area contributed by atoms with Crippen molar-refractivity contribution in [3.63, 3.8) is 0 Å². The van der Waals surface area contributed by atoms with Crippen LogP contribution in [0, 0.1) is 24.0 Å². The number of alkyl halides is 1. The number of benzene rings is 3. The number of hydrogen-bond acceptors (Lipinski definition) is 13. The van der Waals surface area contributed by atoms with Gasteiger partial charge >= 0.3 is 10.2 Å². The Hall–Kier alpha value is -6.76. The lowest BCUT2D eigenvalue weighted by Crippen LogP contribution is -2.58. The lowest BCUT2D eigenvalue weighted by atomic mass is 9.85. The van der Waals surface area contributed by atoms with Crippen LogP contribution in [0.1, 0.15) is 60.8 Å². The van der Waals surface area contributed by atoms with Gasteiger partial charge in [-0.15, -0.1) is 11.3 Å². The fourth-order valence-electron chi connectivity index (χ4n) is 9.87. The van der Waals surface area contributed by atoms with Gasteiger partial charge in [-0.2, -0.15) is 12.7 Å². The van der Waals surface area contributed by atoms with Crippen LogP contribution >= 0.6 is 11.3 Å². The number of thiazole rings is 1. The molecule has 3 aliphatic heterocycles. The van der Waals surface area contributed by atoms with Crippen LogP contribution in [0.25, 0.3) is 32.6 Å². The molecule has 77 heavy (non-hydrogen) atoms. The maximum Gasteiger partial charge on any atom is 0.301 e. The maximum absolute atomic E-state index is 15.8. The highest BCUT2D eigenvalue weighted by Gasteiger charge is 2.44. The Morgan fingerprint density at radius 3 is 2.34 bits per heavy atom. The average molecular weight is 1100 g/mol. The molecule has 9 rings (SSSR count). The molecule has 3 saturated heterocycles. The Balaban J connectivity index is 0.735. The van der Waals surface area contributed by atoms with Crippen molar-refractivity contribution in [2.45, 2.75) is 71.4 Å². The smallest absolute Gasteiger partial charge is 0.301 e. The first-order valence-corrected chi connectivity index (χ1v) is 27.7. The van der Waals surface area contributed by atoms with Crippen molar-refractivity contribution in [3.05, 3.63) is 119 Å². The van der Waals surface area contributed by atoms with Crippen molar-refractivity contribution in [1.29, 1.82) is 0 Å². The lowest BCUT2D eigenvalue weighted by Gasteiger charge is -2.36. The summed E-state index contributed by atoms with van der Waals surface area (Å²) < 4.78 is 79.0. The zero-order valence-electron chi connectivity index (χ0n) is 43.0. The van der Waals surface area contributed by atoms with E-state index in [9.17, 15) is 37.1 Å². The Labute approximate surface area is 448 Å². The van der Waals surface area contributed by atoms with E-state index in [4.69, 9.17) is 4.74 Å². The molecule has 0 spiro atoms. The summed E-state index contributed by atoms with van der Waals surface area (Å²) in [5, 5.41) is 16.7. The number of amides is 3. The third-order valence-corrected chi connectivity index (χ3v) is 16.7. The minimum absolute atomic E-state index is 0.0118. The molecule has 18 nitrogen and oxygen atoms in total. The predicted octanol–water partition coefficient (Wildman–Crippen LogP) is 5.82. The summed E-state index contributed by atoms with van der Waals surface area (Å²) in [5.41, 5.74) is 4.92. The van der Waals surface area contributed by atoms with Crippen LogP contribution in [-0.2, 0) is 35.9 Å². The van der Waals surface area contributed by atoms with Crippen LogP contribution in [0.4, 0.5) is 24.5 Å². The van der Waals surface area contributed by atoms with E-state index in [0.717, 1.165) is 75.6 Å². The lowest BCUT2D eigenvalue weighted by molar-refractivity contribution is -0.144. The van der Waals surface area contributed by atoms with Gasteiger partial charge in [0.05, 0.1) is 40.0 Å². The molecular weight excluding hydrogens is 1040 g/mol. The molecule has 0 saturated carbocycles. The second-order valence-corrected chi connectivity index (χ2v) is 23.2. The molecular formula is C54H61F3N10O8S2. The van der Waals surface area contributed by atoms with Crippen LogP contribution in [0.15, 0.2) is 84.6 Å². The number of hydrogen-bond donors (Lipinski definition) is 5. The first-order valence-electron chi connectivity index (χ1n) is 25.4. The standard InChI is InChI=1S/C54H61F3N10O8S2/c1-32-49(76-31-61-32)35-7-5-33(6-8-35)25-60-52(71)44-24-39(68)29-67(44)53(72)50(54(2,3)4)62-45(69)30-75-22-21-64-17-19-65(20-18-64)38-11-9-34(10-12-38)36-23-40-41(27-59-51(40)58-26-36)48(70)46-42(56)13-14-43(47(46)57)63-77(73,74)66-16-15-37(55)28-66/h5-14,23,26-27,31,37,39,44,50,63,68H,15-22,24-25,28-30H2,1-4H3,(H,58,59)(H,60,71)(H,62,69)/t37-,39-,44+,50-/m1/s1. The number of H-pyrrole nitrogens is 1. The highest BCUT2D eigenvalue weighted by Crippen LogP contribution is 2.33. The van der Waals surface area contributed by atoms with Gasteiger partial charge in [0.1, 0.15) is 36.3 Å². The Morgan fingerprint density at radius 1 is 0.935 bits per heavy atom. The number of anilines is 2. The number of carbonyl (C=O) groups is 4. The quantitative estimate of drug-likeness (QED) is 0.0508. The zero-order chi connectivity index (χ0) is 54.8. The number of pyridine rings is 1. The number of nitrogens with zero attached hydrogens (tertiary/aromatic N) is 6. The number of likely N-dealkylation sites (tertiary alicyclic amines) is 1. The third-order valence-electron chi connectivity index (χ3n) is 14.2. The summed E-state index contributed by atoms with van der Waals surface area (Å²) in [6.07, 6.45) is 0.704. The molecule has 6 aromatic rings. The van der Waals surface area contributed by atoms with Crippen molar-refractivity contribution >= 4 is 67.5 Å². The second kappa shape index (κ2) is 23.1. The van der Waals surface area contributed by atoms with Crippen LogP contribution in [0.3, 0.4) is 0 Å². The summed E-state index contributed by atoms with van der Waals surface area (Å²) >= 11 is 1.56. The highest BCUT2D eigenvalue weighted by atomic mass is 32.2.